The predicted molar refractivity (Wildman–Crippen MR) is 120 cm³/mol. The van der Waals surface area contributed by atoms with Gasteiger partial charge < -0.3 is 19.0 Å². The molecule has 0 atom stereocenters. The van der Waals surface area contributed by atoms with Crippen molar-refractivity contribution in [2.45, 2.75) is 10.6 Å². The van der Waals surface area contributed by atoms with E-state index in [1.807, 2.05) is 42.5 Å². The zero-order valence-electron chi connectivity index (χ0n) is 17.3. The van der Waals surface area contributed by atoms with Crippen molar-refractivity contribution in [1.29, 1.82) is 0 Å². The average Bonchev–Trinajstić information content (AvgIpc) is 3.31. The third kappa shape index (κ3) is 4.94. The summed E-state index contributed by atoms with van der Waals surface area (Å²) in [7, 11) is 1.58. The van der Waals surface area contributed by atoms with Crippen LogP contribution in [0.25, 0.3) is 0 Å². The summed E-state index contributed by atoms with van der Waals surface area (Å²) >= 11 is 1.67. The first kappa shape index (κ1) is 21.1. The number of carbonyl (C=O) groups excluding carboxylic acids is 2. The number of amides is 2. The van der Waals surface area contributed by atoms with Gasteiger partial charge in [0.25, 0.3) is 11.8 Å². The molecule has 0 radical (unpaired) electrons. The van der Waals surface area contributed by atoms with E-state index in [4.69, 9.17) is 9.15 Å². The summed E-state index contributed by atoms with van der Waals surface area (Å²) in [6.45, 7) is 1.91. The average molecular weight is 437 g/mol. The van der Waals surface area contributed by atoms with E-state index in [-0.39, 0.29) is 11.8 Å². The third-order valence-corrected chi connectivity index (χ3v) is 6.31. The molecule has 0 aliphatic carbocycles. The highest BCUT2D eigenvalue weighted by molar-refractivity contribution is 7.98. The van der Waals surface area contributed by atoms with Crippen LogP contribution in [0.15, 0.2) is 76.2 Å². The van der Waals surface area contributed by atoms with Crippen LogP contribution < -0.4 is 4.74 Å². The van der Waals surface area contributed by atoms with E-state index in [1.54, 1.807) is 53.1 Å². The summed E-state index contributed by atoms with van der Waals surface area (Å²) in [5, 5.41) is 0. The Kier molecular flexibility index (Phi) is 6.62. The second kappa shape index (κ2) is 9.75. The Morgan fingerprint density at radius 1 is 0.935 bits per heavy atom. The number of furan rings is 1. The van der Waals surface area contributed by atoms with Gasteiger partial charge >= 0.3 is 0 Å². The Balaban J connectivity index is 1.35. The molecule has 7 heteroatoms. The van der Waals surface area contributed by atoms with Crippen LogP contribution in [0.5, 0.6) is 5.75 Å². The van der Waals surface area contributed by atoms with Crippen molar-refractivity contribution in [3.63, 3.8) is 0 Å². The molecule has 1 saturated heterocycles. The SMILES string of the molecule is COc1cccc(C(=O)N2CCN(C(=O)c3occc3CSc3ccccc3)CC2)c1. The summed E-state index contributed by atoms with van der Waals surface area (Å²) in [5.74, 6) is 1.52. The smallest absolute Gasteiger partial charge is 0.289 e. The Morgan fingerprint density at radius 3 is 2.35 bits per heavy atom. The first-order valence-corrected chi connectivity index (χ1v) is 11.1. The van der Waals surface area contributed by atoms with Gasteiger partial charge in [-0.1, -0.05) is 24.3 Å². The molecule has 1 fully saturated rings. The van der Waals surface area contributed by atoms with E-state index in [9.17, 15) is 9.59 Å². The minimum Gasteiger partial charge on any atom is -0.497 e. The monoisotopic (exact) mass is 436 g/mol. The highest BCUT2D eigenvalue weighted by Crippen LogP contribution is 2.26. The van der Waals surface area contributed by atoms with E-state index in [0.29, 0.717) is 49.0 Å². The fourth-order valence-electron chi connectivity index (χ4n) is 3.51. The van der Waals surface area contributed by atoms with Gasteiger partial charge in [-0.05, 0) is 36.4 Å². The van der Waals surface area contributed by atoms with Gasteiger partial charge in [-0.3, -0.25) is 9.59 Å². The topological polar surface area (TPSA) is 63.0 Å². The van der Waals surface area contributed by atoms with E-state index in [2.05, 4.69) is 0 Å². The van der Waals surface area contributed by atoms with Crippen LogP contribution in [-0.2, 0) is 5.75 Å². The van der Waals surface area contributed by atoms with Gasteiger partial charge in [-0.25, -0.2) is 0 Å². The lowest BCUT2D eigenvalue weighted by molar-refractivity contribution is 0.0517. The fourth-order valence-corrected chi connectivity index (χ4v) is 4.41. The zero-order valence-corrected chi connectivity index (χ0v) is 18.1. The van der Waals surface area contributed by atoms with Crippen molar-refractivity contribution >= 4 is 23.6 Å². The van der Waals surface area contributed by atoms with E-state index in [0.717, 1.165) is 10.5 Å². The van der Waals surface area contributed by atoms with Gasteiger partial charge in [-0.15, -0.1) is 11.8 Å². The van der Waals surface area contributed by atoms with Crippen LogP contribution in [0.1, 0.15) is 26.5 Å². The molecule has 2 aromatic carbocycles. The molecule has 1 aromatic heterocycles. The Morgan fingerprint density at radius 2 is 1.65 bits per heavy atom. The molecule has 1 aliphatic heterocycles. The maximum Gasteiger partial charge on any atom is 0.289 e. The standard InChI is InChI=1S/C24H24N2O4S/c1-29-20-7-5-6-18(16-20)23(27)25-11-13-26(14-12-25)24(28)22-19(10-15-30-22)17-31-21-8-3-2-4-9-21/h2-10,15-16H,11-14,17H2,1H3. The molecule has 0 saturated carbocycles. The Bertz CT molecular complexity index is 1040. The molecule has 1 aliphatic rings. The second-order valence-electron chi connectivity index (χ2n) is 7.19. The maximum absolute atomic E-state index is 13.0. The van der Waals surface area contributed by atoms with Gasteiger partial charge in [0.05, 0.1) is 13.4 Å². The number of benzene rings is 2. The van der Waals surface area contributed by atoms with Crippen molar-refractivity contribution in [3.8, 4) is 5.75 Å². The van der Waals surface area contributed by atoms with Crippen molar-refractivity contribution in [2.24, 2.45) is 0 Å². The summed E-state index contributed by atoms with van der Waals surface area (Å²) in [4.78, 5) is 30.5. The molecule has 0 bridgehead atoms. The van der Waals surface area contributed by atoms with Crippen molar-refractivity contribution in [1.82, 2.24) is 9.80 Å². The van der Waals surface area contributed by atoms with Gasteiger partial charge in [0.1, 0.15) is 5.75 Å². The molecular weight excluding hydrogens is 412 g/mol. The van der Waals surface area contributed by atoms with Crippen LogP contribution in [0.2, 0.25) is 0 Å². The molecule has 160 valence electrons. The normalized spacial score (nSPS) is 13.8. The quantitative estimate of drug-likeness (QED) is 0.543. The number of nitrogens with zero attached hydrogens (tertiary/aromatic N) is 2. The van der Waals surface area contributed by atoms with Crippen LogP contribution in [-0.4, -0.2) is 54.9 Å². The number of carbonyl (C=O) groups is 2. The number of hydrogen-bond acceptors (Lipinski definition) is 5. The number of piperazine rings is 1. The Labute approximate surface area is 185 Å². The molecule has 4 rings (SSSR count). The molecule has 0 N–H and O–H groups in total. The molecule has 0 spiro atoms. The zero-order chi connectivity index (χ0) is 21.6. The number of methoxy groups -OCH3 is 1. The third-order valence-electron chi connectivity index (χ3n) is 5.25. The molecule has 0 unspecified atom stereocenters. The molecule has 2 amide bonds. The first-order chi connectivity index (χ1) is 15.2. The van der Waals surface area contributed by atoms with Gasteiger partial charge in [0.15, 0.2) is 5.76 Å². The van der Waals surface area contributed by atoms with Crippen LogP contribution in [0.3, 0.4) is 0 Å². The van der Waals surface area contributed by atoms with Crippen molar-refractivity contribution < 1.29 is 18.7 Å². The molecule has 3 aromatic rings. The lowest BCUT2D eigenvalue weighted by atomic mass is 10.1. The molecular formula is C24H24N2O4S. The first-order valence-electron chi connectivity index (χ1n) is 10.1. The number of hydrogen-bond donors (Lipinski definition) is 0. The fraction of sp³-hybridized carbons (Fsp3) is 0.250. The molecule has 2 heterocycles. The van der Waals surface area contributed by atoms with Gasteiger partial charge in [-0.2, -0.15) is 0 Å². The highest BCUT2D eigenvalue weighted by Gasteiger charge is 2.28. The predicted octanol–water partition coefficient (Wildman–Crippen LogP) is 4.18. The van der Waals surface area contributed by atoms with Crippen molar-refractivity contribution in [2.75, 3.05) is 33.3 Å². The highest BCUT2D eigenvalue weighted by atomic mass is 32.2. The number of rotatable bonds is 6. The molecule has 6 nitrogen and oxygen atoms in total. The lowest BCUT2D eigenvalue weighted by Crippen LogP contribution is -2.50. The second-order valence-corrected chi connectivity index (χ2v) is 8.24. The summed E-state index contributed by atoms with van der Waals surface area (Å²) in [5.41, 5.74) is 1.47. The van der Waals surface area contributed by atoms with E-state index >= 15 is 0 Å². The Hall–Kier alpha value is -3.19. The summed E-state index contributed by atoms with van der Waals surface area (Å²) in [6.07, 6.45) is 1.57. The van der Waals surface area contributed by atoms with Crippen molar-refractivity contribution in [3.05, 3.63) is 83.8 Å². The summed E-state index contributed by atoms with van der Waals surface area (Å²) < 4.78 is 10.7. The minimum absolute atomic E-state index is 0.0519. The maximum atomic E-state index is 13.0. The molecule has 31 heavy (non-hydrogen) atoms. The van der Waals surface area contributed by atoms with Crippen LogP contribution >= 0.6 is 11.8 Å². The van der Waals surface area contributed by atoms with Crippen LogP contribution in [0, 0.1) is 0 Å². The van der Waals surface area contributed by atoms with Crippen LogP contribution in [0.4, 0.5) is 0 Å². The van der Waals surface area contributed by atoms with Gasteiger partial charge in [0, 0.05) is 48.0 Å². The minimum atomic E-state index is -0.123. The van der Waals surface area contributed by atoms with E-state index in [1.165, 1.54) is 0 Å². The van der Waals surface area contributed by atoms with Gasteiger partial charge in [0.2, 0.25) is 0 Å². The number of ether oxygens (including phenoxy) is 1. The van der Waals surface area contributed by atoms with E-state index < -0.39 is 0 Å². The summed E-state index contributed by atoms with van der Waals surface area (Å²) in [6, 6.07) is 19.0. The largest absolute Gasteiger partial charge is 0.497 e. The lowest BCUT2D eigenvalue weighted by Gasteiger charge is -2.34. The number of thioether (sulfide) groups is 1.